The molecule has 0 unspecified atom stereocenters. The first-order valence-corrected chi connectivity index (χ1v) is 13.4. The molecule has 0 radical (unpaired) electrons. The van der Waals surface area contributed by atoms with Gasteiger partial charge in [-0.15, -0.1) is 0 Å². The molecule has 5 rings (SSSR count). The van der Waals surface area contributed by atoms with Crippen molar-refractivity contribution in [2.24, 2.45) is 0 Å². The molecule has 0 saturated carbocycles. The summed E-state index contributed by atoms with van der Waals surface area (Å²) in [7, 11) is 0. The second kappa shape index (κ2) is 10.4. The average Bonchev–Trinajstić information content (AvgIpc) is 3.41. The number of carbonyl (C=O) groups is 1. The van der Waals surface area contributed by atoms with Crippen LogP contribution >= 0.6 is 12.2 Å². The molecule has 38 heavy (non-hydrogen) atoms. The van der Waals surface area contributed by atoms with Crippen molar-refractivity contribution >= 4 is 34.6 Å². The number of rotatable bonds is 6. The smallest absolute Gasteiger partial charge is 0.224 e. The van der Waals surface area contributed by atoms with Gasteiger partial charge < -0.3 is 20.1 Å². The van der Waals surface area contributed by atoms with E-state index in [9.17, 15) is 4.79 Å². The highest BCUT2D eigenvalue weighted by molar-refractivity contribution is 7.80. The number of thiocarbonyl (C=S) groups is 1. The number of carbonyl (C=O) groups excluding carboxylic acids is 1. The van der Waals surface area contributed by atoms with Gasteiger partial charge in [0.2, 0.25) is 5.91 Å². The number of amides is 1. The zero-order valence-corrected chi connectivity index (χ0v) is 23.3. The quantitative estimate of drug-likeness (QED) is 0.278. The fourth-order valence-corrected chi connectivity index (χ4v) is 5.65. The Morgan fingerprint density at radius 1 is 1.00 bits per heavy atom. The first-order chi connectivity index (χ1) is 18.3. The zero-order valence-electron chi connectivity index (χ0n) is 22.4. The fraction of sp³-hybridized carbons (Fsp3) is 0.258. The van der Waals surface area contributed by atoms with E-state index in [1.54, 1.807) is 0 Å². The molecular formula is C31H33N5OS. The SMILES string of the molecule is CCC(=O)Nc1ccc(N2C(=S)N[C@H](c3ccccn3)[C@@H]2c2cc(C)n(-c3ccc(C)cc3)c2C)cc1C. The van der Waals surface area contributed by atoms with Gasteiger partial charge in [0.05, 0.1) is 17.8 Å². The lowest BCUT2D eigenvalue weighted by Gasteiger charge is -2.29. The molecule has 2 N–H and O–H groups in total. The van der Waals surface area contributed by atoms with Crippen LogP contribution in [-0.2, 0) is 4.79 Å². The van der Waals surface area contributed by atoms with E-state index >= 15 is 0 Å². The highest BCUT2D eigenvalue weighted by Crippen LogP contribution is 2.44. The summed E-state index contributed by atoms with van der Waals surface area (Å²) in [6, 6.07) is 22.7. The van der Waals surface area contributed by atoms with E-state index < -0.39 is 0 Å². The number of aryl methyl sites for hydroxylation is 3. The van der Waals surface area contributed by atoms with E-state index in [1.165, 1.54) is 11.1 Å². The third kappa shape index (κ3) is 4.70. The van der Waals surface area contributed by atoms with Crippen LogP contribution in [0.5, 0.6) is 0 Å². The molecule has 2 aromatic carbocycles. The van der Waals surface area contributed by atoms with Crippen molar-refractivity contribution in [1.82, 2.24) is 14.9 Å². The molecule has 1 amide bonds. The van der Waals surface area contributed by atoms with Crippen LogP contribution in [0.4, 0.5) is 11.4 Å². The summed E-state index contributed by atoms with van der Waals surface area (Å²) in [5, 5.41) is 7.20. The molecule has 2 aromatic heterocycles. The van der Waals surface area contributed by atoms with Gasteiger partial charge in [0.25, 0.3) is 0 Å². The Morgan fingerprint density at radius 2 is 1.74 bits per heavy atom. The van der Waals surface area contributed by atoms with Crippen molar-refractivity contribution in [1.29, 1.82) is 0 Å². The molecule has 1 aliphatic heterocycles. The molecular weight excluding hydrogens is 490 g/mol. The Kier molecular flexibility index (Phi) is 7.04. The van der Waals surface area contributed by atoms with Gasteiger partial charge in [-0.3, -0.25) is 9.78 Å². The molecule has 0 bridgehead atoms. The Bertz CT molecular complexity index is 1490. The summed E-state index contributed by atoms with van der Waals surface area (Å²) in [5.74, 6) is -0.00384. The Balaban J connectivity index is 1.63. The summed E-state index contributed by atoms with van der Waals surface area (Å²) < 4.78 is 2.30. The third-order valence-corrected chi connectivity index (χ3v) is 7.58. The number of pyridine rings is 1. The minimum absolute atomic E-state index is 0.00384. The molecule has 0 aliphatic carbocycles. The normalized spacial score (nSPS) is 17.0. The maximum Gasteiger partial charge on any atom is 0.224 e. The number of benzene rings is 2. The van der Waals surface area contributed by atoms with Gasteiger partial charge in [-0.1, -0.05) is 30.7 Å². The minimum Gasteiger partial charge on any atom is -0.351 e. The lowest BCUT2D eigenvalue weighted by atomic mass is 9.96. The summed E-state index contributed by atoms with van der Waals surface area (Å²) in [5.41, 5.74) is 9.59. The van der Waals surface area contributed by atoms with Crippen molar-refractivity contribution in [3.8, 4) is 5.69 Å². The maximum atomic E-state index is 12.0. The predicted octanol–water partition coefficient (Wildman–Crippen LogP) is 6.63. The van der Waals surface area contributed by atoms with E-state index in [0.29, 0.717) is 11.5 Å². The number of hydrogen-bond acceptors (Lipinski definition) is 3. The van der Waals surface area contributed by atoms with Gasteiger partial charge in [0.1, 0.15) is 0 Å². The Labute approximate surface area is 229 Å². The predicted molar refractivity (Wildman–Crippen MR) is 158 cm³/mol. The van der Waals surface area contributed by atoms with E-state index in [0.717, 1.165) is 39.7 Å². The van der Waals surface area contributed by atoms with E-state index in [4.69, 9.17) is 17.2 Å². The largest absolute Gasteiger partial charge is 0.351 e. The van der Waals surface area contributed by atoms with Gasteiger partial charge >= 0.3 is 0 Å². The number of aromatic nitrogens is 2. The molecule has 1 aliphatic rings. The topological polar surface area (TPSA) is 62.2 Å². The van der Waals surface area contributed by atoms with Gasteiger partial charge in [-0.2, -0.15) is 0 Å². The summed E-state index contributed by atoms with van der Waals surface area (Å²) in [6.45, 7) is 10.3. The van der Waals surface area contributed by atoms with Crippen molar-refractivity contribution in [2.75, 3.05) is 10.2 Å². The lowest BCUT2D eigenvalue weighted by Crippen LogP contribution is -2.29. The first-order valence-electron chi connectivity index (χ1n) is 13.0. The van der Waals surface area contributed by atoms with Crippen molar-refractivity contribution in [3.63, 3.8) is 0 Å². The monoisotopic (exact) mass is 523 g/mol. The maximum absolute atomic E-state index is 12.0. The van der Waals surface area contributed by atoms with Crippen molar-refractivity contribution < 1.29 is 4.79 Å². The molecule has 3 heterocycles. The zero-order chi connectivity index (χ0) is 27.0. The van der Waals surface area contributed by atoms with Crippen LogP contribution < -0.4 is 15.5 Å². The highest BCUT2D eigenvalue weighted by atomic mass is 32.1. The molecule has 2 atom stereocenters. The van der Waals surface area contributed by atoms with Crippen LogP contribution in [-0.4, -0.2) is 20.6 Å². The summed E-state index contributed by atoms with van der Waals surface area (Å²) in [4.78, 5) is 18.9. The van der Waals surface area contributed by atoms with Gasteiger partial charge in [0.15, 0.2) is 5.11 Å². The van der Waals surface area contributed by atoms with Crippen LogP contribution in [0, 0.1) is 27.7 Å². The first kappa shape index (κ1) is 25.7. The van der Waals surface area contributed by atoms with Crippen molar-refractivity contribution in [2.45, 2.75) is 53.1 Å². The van der Waals surface area contributed by atoms with Crippen LogP contribution in [0.2, 0.25) is 0 Å². The van der Waals surface area contributed by atoms with E-state index in [-0.39, 0.29) is 18.0 Å². The molecule has 7 heteroatoms. The van der Waals surface area contributed by atoms with Crippen LogP contribution in [0.15, 0.2) is 72.9 Å². The molecule has 4 aromatic rings. The molecule has 0 spiro atoms. The van der Waals surface area contributed by atoms with Gasteiger partial charge in [-0.25, -0.2) is 0 Å². The second-order valence-electron chi connectivity index (χ2n) is 9.89. The van der Waals surface area contributed by atoms with Crippen LogP contribution in [0.25, 0.3) is 5.69 Å². The number of nitrogens with zero attached hydrogens (tertiary/aromatic N) is 3. The van der Waals surface area contributed by atoms with E-state index in [1.807, 2.05) is 50.4 Å². The molecule has 6 nitrogen and oxygen atoms in total. The van der Waals surface area contributed by atoms with Gasteiger partial charge in [-0.05, 0) is 99.6 Å². The standard InChI is InChI=1S/C31H33N5OS/c1-6-28(37)33-26-15-14-24(17-20(26)3)36-30(29(34-31(36)38)27-9-7-8-16-32-27)25-18-21(4)35(22(25)5)23-12-10-19(2)11-13-23/h7-18,29-30H,6H2,1-5H3,(H,33,37)(H,34,38)/t29-,30+/m1/s1. The number of nitrogens with one attached hydrogen (secondary N) is 2. The average molecular weight is 524 g/mol. The summed E-state index contributed by atoms with van der Waals surface area (Å²) >= 11 is 5.94. The molecule has 194 valence electrons. The van der Waals surface area contributed by atoms with Crippen molar-refractivity contribution in [3.05, 3.63) is 107 Å². The summed E-state index contributed by atoms with van der Waals surface area (Å²) in [6.07, 6.45) is 2.26. The van der Waals surface area contributed by atoms with E-state index in [2.05, 4.69) is 77.3 Å². The molecule has 1 saturated heterocycles. The highest BCUT2D eigenvalue weighted by Gasteiger charge is 2.42. The Morgan fingerprint density at radius 3 is 2.39 bits per heavy atom. The Hall–Kier alpha value is -3.97. The number of anilines is 2. The van der Waals surface area contributed by atoms with Gasteiger partial charge in [0, 0.05) is 41.1 Å². The van der Waals surface area contributed by atoms with Crippen LogP contribution in [0.3, 0.4) is 0 Å². The minimum atomic E-state index is -0.129. The second-order valence-corrected chi connectivity index (χ2v) is 10.3. The molecule has 1 fully saturated rings. The number of hydrogen-bond donors (Lipinski definition) is 2. The fourth-order valence-electron chi connectivity index (χ4n) is 5.30. The third-order valence-electron chi connectivity index (χ3n) is 7.26. The van der Waals surface area contributed by atoms with Crippen LogP contribution in [0.1, 0.15) is 59.2 Å². The lowest BCUT2D eigenvalue weighted by molar-refractivity contribution is -0.115.